The van der Waals surface area contributed by atoms with Gasteiger partial charge in [-0.25, -0.2) is 0 Å². The Balaban J connectivity index is 1.60. The number of hydrogen-bond donors (Lipinski definition) is 1. The van der Waals surface area contributed by atoms with Crippen LogP contribution in [-0.4, -0.2) is 23.1 Å². The van der Waals surface area contributed by atoms with E-state index >= 15 is 0 Å². The molecule has 2 nitrogen and oxygen atoms in total. The molecule has 3 heteroatoms. The Labute approximate surface area is 126 Å². The summed E-state index contributed by atoms with van der Waals surface area (Å²) in [6.07, 6.45) is 9.81. The van der Waals surface area contributed by atoms with Gasteiger partial charge in [0.25, 0.3) is 0 Å². The zero-order chi connectivity index (χ0) is 14.0. The SMILES string of the molecule is Oc1c(Cl)cccc1CN1CCC2(CCCCC2)CC1. The van der Waals surface area contributed by atoms with Gasteiger partial charge in [-0.2, -0.15) is 0 Å². The molecule has 0 amide bonds. The van der Waals surface area contributed by atoms with Crippen LogP contribution in [0.3, 0.4) is 0 Å². The first-order valence-corrected chi connectivity index (χ1v) is 8.25. The molecule has 0 unspecified atom stereocenters. The van der Waals surface area contributed by atoms with Crippen LogP contribution in [0, 0.1) is 5.41 Å². The van der Waals surface area contributed by atoms with E-state index < -0.39 is 0 Å². The summed E-state index contributed by atoms with van der Waals surface area (Å²) in [7, 11) is 0. The molecular formula is C17H24ClNO. The molecule has 0 bridgehead atoms. The third kappa shape index (κ3) is 2.96. The van der Waals surface area contributed by atoms with Crippen molar-refractivity contribution in [2.45, 2.75) is 51.5 Å². The molecule has 1 aliphatic carbocycles. The number of halogens is 1. The molecule has 1 saturated heterocycles. The zero-order valence-corrected chi connectivity index (χ0v) is 12.8. The smallest absolute Gasteiger partial charge is 0.138 e. The Morgan fingerprint density at radius 2 is 1.75 bits per heavy atom. The lowest BCUT2D eigenvalue weighted by molar-refractivity contribution is 0.0638. The molecule has 2 fully saturated rings. The third-order valence-corrected chi connectivity index (χ3v) is 5.60. The van der Waals surface area contributed by atoms with Crippen molar-refractivity contribution < 1.29 is 5.11 Å². The molecule has 1 aromatic rings. The van der Waals surface area contributed by atoms with Gasteiger partial charge in [0, 0.05) is 12.1 Å². The molecule has 2 aliphatic rings. The second kappa shape index (κ2) is 5.95. The van der Waals surface area contributed by atoms with Crippen molar-refractivity contribution in [1.29, 1.82) is 0 Å². The summed E-state index contributed by atoms with van der Waals surface area (Å²) in [6, 6.07) is 5.64. The van der Waals surface area contributed by atoms with Gasteiger partial charge in [-0.3, -0.25) is 4.90 Å². The maximum atomic E-state index is 10.0. The number of para-hydroxylation sites is 1. The van der Waals surface area contributed by atoms with Crippen LogP contribution in [0.5, 0.6) is 5.75 Å². The normalized spacial score (nSPS) is 23.1. The van der Waals surface area contributed by atoms with E-state index in [9.17, 15) is 5.11 Å². The minimum atomic E-state index is 0.257. The highest BCUT2D eigenvalue weighted by Gasteiger charge is 2.35. The number of likely N-dealkylation sites (tertiary alicyclic amines) is 1. The van der Waals surface area contributed by atoms with Gasteiger partial charge in [-0.1, -0.05) is 43.0 Å². The summed E-state index contributed by atoms with van der Waals surface area (Å²) in [5, 5.41) is 10.5. The van der Waals surface area contributed by atoms with E-state index in [0.29, 0.717) is 10.4 Å². The van der Waals surface area contributed by atoms with Crippen LogP contribution in [0.2, 0.25) is 5.02 Å². The number of piperidine rings is 1. The van der Waals surface area contributed by atoms with Crippen LogP contribution < -0.4 is 0 Å². The summed E-state index contributed by atoms with van der Waals surface area (Å²) in [6.45, 7) is 3.14. The van der Waals surface area contributed by atoms with E-state index in [2.05, 4.69) is 4.90 Å². The van der Waals surface area contributed by atoms with Crippen molar-refractivity contribution in [3.63, 3.8) is 0 Å². The molecule has 1 N–H and O–H groups in total. The number of nitrogens with zero attached hydrogens (tertiary/aromatic N) is 1. The lowest BCUT2D eigenvalue weighted by Crippen LogP contribution is -2.40. The van der Waals surface area contributed by atoms with E-state index in [0.717, 1.165) is 25.2 Å². The first-order valence-electron chi connectivity index (χ1n) is 7.87. The fraction of sp³-hybridized carbons (Fsp3) is 0.647. The standard InChI is InChI=1S/C17H24ClNO/c18-15-6-4-5-14(16(15)20)13-19-11-9-17(10-12-19)7-2-1-3-8-17/h4-6,20H,1-3,7-13H2. The maximum absolute atomic E-state index is 10.0. The first kappa shape index (κ1) is 14.2. The van der Waals surface area contributed by atoms with Crippen molar-refractivity contribution in [3.05, 3.63) is 28.8 Å². The molecule has 0 aromatic heterocycles. The Bertz CT molecular complexity index is 458. The van der Waals surface area contributed by atoms with Crippen molar-refractivity contribution >= 4 is 11.6 Å². The van der Waals surface area contributed by atoms with Crippen molar-refractivity contribution in [2.75, 3.05) is 13.1 Å². The van der Waals surface area contributed by atoms with Crippen molar-refractivity contribution in [3.8, 4) is 5.75 Å². The predicted octanol–water partition coefficient (Wildman–Crippen LogP) is 4.59. The zero-order valence-electron chi connectivity index (χ0n) is 12.1. The molecule has 1 heterocycles. The Morgan fingerprint density at radius 1 is 1.05 bits per heavy atom. The maximum Gasteiger partial charge on any atom is 0.138 e. The lowest BCUT2D eigenvalue weighted by atomic mass is 9.68. The average Bonchev–Trinajstić information content (AvgIpc) is 2.47. The average molecular weight is 294 g/mol. The molecule has 110 valence electrons. The highest BCUT2D eigenvalue weighted by atomic mass is 35.5. The van der Waals surface area contributed by atoms with Gasteiger partial charge in [0.05, 0.1) is 5.02 Å². The molecule has 1 aromatic carbocycles. The van der Waals surface area contributed by atoms with E-state index in [4.69, 9.17) is 11.6 Å². The van der Waals surface area contributed by atoms with Crippen LogP contribution in [0.15, 0.2) is 18.2 Å². The third-order valence-electron chi connectivity index (χ3n) is 5.30. The van der Waals surface area contributed by atoms with Gasteiger partial charge in [-0.15, -0.1) is 0 Å². The van der Waals surface area contributed by atoms with Crippen LogP contribution in [-0.2, 0) is 6.54 Å². The molecule has 1 spiro atoms. The molecule has 3 rings (SSSR count). The van der Waals surface area contributed by atoms with Gasteiger partial charge < -0.3 is 5.11 Å². The van der Waals surface area contributed by atoms with E-state index in [1.165, 1.54) is 44.9 Å². The molecule has 0 radical (unpaired) electrons. The lowest BCUT2D eigenvalue weighted by Gasteiger charge is -2.44. The molecular weight excluding hydrogens is 270 g/mol. The second-order valence-electron chi connectivity index (χ2n) is 6.58. The van der Waals surface area contributed by atoms with Gasteiger partial charge in [0.15, 0.2) is 0 Å². The summed E-state index contributed by atoms with van der Waals surface area (Å²) in [5.41, 5.74) is 1.60. The topological polar surface area (TPSA) is 23.5 Å². The van der Waals surface area contributed by atoms with Crippen LogP contribution in [0.1, 0.15) is 50.5 Å². The first-order chi connectivity index (χ1) is 9.69. The summed E-state index contributed by atoms with van der Waals surface area (Å²) >= 11 is 5.98. The van der Waals surface area contributed by atoms with Gasteiger partial charge in [0.2, 0.25) is 0 Å². The predicted molar refractivity (Wildman–Crippen MR) is 83.1 cm³/mol. The highest BCUT2D eigenvalue weighted by Crippen LogP contribution is 2.44. The number of benzene rings is 1. The minimum Gasteiger partial charge on any atom is -0.506 e. The van der Waals surface area contributed by atoms with Crippen molar-refractivity contribution in [1.82, 2.24) is 4.90 Å². The van der Waals surface area contributed by atoms with E-state index in [-0.39, 0.29) is 5.75 Å². The molecule has 1 saturated carbocycles. The van der Waals surface area contributed by atoms with E-state index in [1.807, 2.05) is 12.1 Å². The van der Waals surface area contributed by atoms with Crippen LogP contribution in [0.4, 0.5) is 0 Å². The van der Waals surface area contributed by atoms with Crippen LogP contribution in [0.25, 0.3) is 0 Å². The quantitative estimate of drug-likeness (QED) is 0.862. The van der Waals surface area contributed by atoms with Gasteiger partial charge >= 0.3 is 0 Å². The van der Waals surface area contributed by atoms with Crippen molar-refractivity contribution in [2.24, 2.45) is 5.41 Å². The summed E-state index contributed by atoms with van der Waals surface area (Å²) < 4.78 is 0. The number of rotatable bonds is 2. The Morgan fingerprint density at radius 3 is 2.45 bits per heavy atom. The minimum absolute atomic E-state index is 0.257. The largest absolute Gasteiger partial charge is 0.506 e. The van der Waals surface area contributed by atoms with Gasteiger partial charge in [0.1, 0.15) is 5.75 Å². The fourth-order valence-electron chi connectivity index (χ4n) is 3.92. The van der Waals surface area contributed by atoms with E-state index in [1.54, 1.807) is 6.07 Å². The molecule has 0 atom stereocenters. The number of hydrogen-bond acceptors (Lipinski definition) is 2. The number of phenolic OH excluding ortho intramolecular Hbond substituents is 1. The second-order valence-corrected chi connectivity index (χ2v) is 6.99. The summed E-state index contributed by atoms with van der Waals surface area (Å²) in [4.78, 5) is 2.46. The molecule has 20 heavy (non-hydrogen) atoms. The Kier molecular flexibility index (Phi) is 4.23. The number of aromatic hydroxyl groups is 1. The van der Waals surface area contributed by atoms with Gasteiger partial charge in [-0.05, 0) is 50.3 Å². The number of phenols is 1. The fourth-order valence-corrected chi connectivity index (χ4v) is 4.11. The Hall–Kier alpha value is -0.730. The van der Waals surface area contributed by atoms with Crippen LogP contribution >= 0.6 is 11.6 Å². The monoisotopic (exact) mass is 293 g/mol. The summed E-state index contributed by atoms with van der Waals surface area (Å²) in [5.74, 6) is 0.257. The highest BCUT2D eigenvalue weighted by molar-refractivity contribution is 6.32. The molecule has 1 aliphatic heterocycles.